The first-order chi connectivity index (χ1) is 32.7. The number of para-hydroxylation sites is 4. The van der Waals surface area contributed by atoms with Crippen LogP contribution in [0.2, 0.25) is 0 Å². The van der Waals surface area contributed by atoms with Gasteiger partial charge >= 0.3 is 0 Å². The lowest BCUT2D eigenvalue weighted by Gasteiger charge is -2.31. The summed E-state index contributed by atoms with van der Waals surface area (Å²) in [6, 6.07) is 96.2. The number of rotatable bonds is 10. The molecular formula is C62H44N4. The van der Waals surface area contributed by atoms with E-state index < -0.39 is 0 Å². The third-order valence-corrected chi connectivity index (χ3v) is 12.6. The summed E-state index contributed by atoms with van der Waals surface area (Å²) in [7, 11) is 0. The standard InChI is InChI=1S/C62H44N4/c1-4-22-49(23-5-1)63(56-36-34-45-18-10-12-20-47(45)40-56)52-28-16-30-54(42-52)65(58-38-39-62-60(44-58)59-32-14-15-33-61(59)66(62)51-26-8-3-9-27-51)55-31-17-29-53(43-55)64(50-24-6-2-7-25-50)57-37-35-46-19-11-13-21-48(46)41-57/h1-44H. The fourth-order valence-electron chi connectivity index (χ4n) is 9.62. The van der Waals surface area contributed by atoms with Crippen LogP contribution in [0.15, 0.2) is 267 Å². The zero-order chi connectivity index (χ0) is 43.8. The molecule has 0 saturated carbocycles. The Labute approximate surface area is 384 Å². The lowest BCUT2D eigenvalue weighted by molar-refractivity contribution is 1.18. The van der Waals surface area contributed by atoms with Crippen LogP contribution in [0.5, 0.6) is 0 Å². The Kier molecular flexibility index (Phi) is 9.81. The minimum Gasteiger partial charge on any atom is -0.310 e. The van der Waals surface area contributed by atoms with Crippen molar-refractivity contribution in [1.82, 2.24) is 4.57 Å². The number of benzene rings is 11. The van der Waals surface area contributed by atoms with Crippen LogP contribution < -0.4 is 14.7 Å². The van der Waals surface area contributed by atoms with Gasteiger partial charge in [0.05, 0.1) is 11.0 Å². The number of anilines is 9. The SMILES string of the molecule is c1ccc(N(c2cccc(N(c3cccc(N(c4ccccc4)c4ccc5ccccc5c4)c3)c3ccc4c(c3)c3ccccc3n4-c3ccccc3)c2)c2ccc3ccccc3c2)cc1. The zero-order valence-electron chi connectivity index (χ0n) is 36.2. The summed E-state index contributed by atoms with van der Waals surface area (Å²) < 4.78 is 2.38. The Morgan fingerprint density at radius 3 is 1.11 bits per heavy atom. The molecule has 0 fully saturated rings. The fraction of sp³-hybridized carbons (Fsp3) is 0. The average Bonchev–Trinajstić information content (AvgIpc) is 3.71. The molecule has 0 N–H and O–H groups in total. The molecule has 312 valence electrons. The van der Waals surface area contributed by atoms with E-state index in [-0.39, 0.29) is 0 Å². The molecule has 0 saturated heterocycles. The maximum absolute atomic E-state index is 2.41. The van der Waals surface area contributed by atoms with Crippen LogP contribution in [0.25, 0.3) is 49.0 Å². The predicted molar refractivity (Wildman–Crippen MR) is 280 cm³/mol. The smallest absolute Gasteiger partial charge is 0.0542 e. The van der Waals surface area contributed by atoms with E-state index in [4.69, 9.17) is 0 Å². The normalized spacial score (nSPS) is 11.3. The van der Waals surface area contributed by atoms with E-state index in [1.54, 1.807) is 0 Å². The van der Waals surface area contributed by atoms with E-state index >= 15 is 0 Å². The van der Waals surface area contributed by atoms with Gasteiger partial charge in [0.15, 0.2) is 0 Å². The molecule has 0 bridgehead atoms. The van der Waals surface area contributed by atoms with Gasteiger partial charge < -0.3 is 19.3 Å². The number of hydrogen-bond acceptors (Lipinski definition) is 3. The third kappa shape index (κ3) is 7.08. The Morgan fingerprint density at radius 2 is 0.576 bits per heavy atom. The summed E-state index contributed by atoms with van der Waals surface area (Å²) >= 11 is 0. The first-order valence-electron chi connectivity index (χ1n) is 22.5. The van der Waals surface area contributed by atoms with Crippen molar-refractivity contribution in [3.05, 3.63) is 267 Å². The van der Waals surface area contributed by atoms with Gasteiger partial charge in [0.25, 0.3) is 0 Å². The molecule has 0 aliphatic heterocycles. The van der Waals surface area contributed by atoms with Crippen molar-refractivity contribution in [2.24, 2.45) is 0 Å². The van der Waals surface area contributed by atoms with E-state index in [2.05, 4.69) is 286 Å². The van der Waals surface area contributed by atoms with Gasteiger partial charge in [-0.15, -0.1) is 0 Å². The van der Waals surface area contributed by atoms with Crippen LogP contribution in [-0.2, 0) is 0 Å². The minimum absolute atomic E-state index is 1.04. The number of nitrogens with zero attached hydrogens (tertiary/aromatic N) is 4. The minimum atomic E-state index is 1.04. The maximum Gasteiger partial charge on any atom is 0.0542 e. The average molecular weight is 845 g/mol. The Hall–Kier alpha value is -8.86. The van der Waals surface area contributed by atoms with Gasteiger partial charge in [-0.1, -0.05) is 146 Å². The van der Waals surface area contributed by atoms with Gasteiger partial charge in [0.2, 0.25) is 0 Å². The molecule has 0 aliphatic carbocycles. The third-order valence-electron chi connectivity index (χ3n) is 12.6. The molecule has 4 heteroatoms. The molecule has 4 nitrogen and oxygen atoms in total. The second-order valence-corrected chi connectivity index (χ2v) is 16.7. The highest BCUT2D eigenvalue weighted by molar-refractivity contribution is 6.11. The van der Waals surface area contributed by atoms with Gasteiger partial charge in [-0.05, 0) is 143 Å². The Balaban J connectivity index is 1.07. The first-order valence-corrected chi connectivity index (χ1v) is 22.5. The Morgan fingerprint density at radius 1 is 0.212 bits per heavy atom. The monoisotopic (exact) mass is 844 g/mol. The first kappa shape index (κ1) is 38.8. The highest BCUT2D eigenvalue weighted by Gasteiger charge is 2.22. The fourth-order valence-corrected chi connectivity index (χ4v) is 9.62. The molecule has 12 aromatic rings. The highest BCUT2D eigenvalue weighted by atomic mass is 15.2. The molecule has 0 spiro atoms. The number of hydrogen-bond donors (Lipinski definition) is 0. The van der Waals surface area contributed by atoms with Crippen LogP contribution in [0.4, 0.5) is 51.2 Å². The summed E-state index contributed by atoms with van der Waals surface area (Å²) in [5.74, 6) is 0. The van der Waals surface area contributed by atoms with E-state index in [0.29, 0.717) is 0 Å². The number of fused-ring (bicyclic) bond motifs is 5. The number of aromatic nitrogens is 1. The molecule has 0 atom stereocenters. The molecule has 1 aromatic heterocycles. The molecule has 0 aliphatic rings. The van der Waals surface area contributed by atoms with Crippen molar-refractivity contribution < 1.29 is 0 Å². The van der Waals surface area contributed by atoms with Crippen molar-refractivity contribution in [3.8, 4) is 5.69 Å². The largest absolute Gasteiger partial charge is 0.310 e. The zero-order valence-corrected chi connectivity index (χ0v) is 36.2. The van der Waals surface area contributed by atoms with Gasteiger partial charge in [-0.2, -0.15) is 0 Å². The van der Waals surface area contributed by atoms with Crippen LogP contribution >= 0.6 is 0 Å². The van der Waals surface area contributed by atoms with Gasteiger partial charge in [-0.3, -0.25) is 0 Å². The van der Waals surface area contributed by atoms with E-state index in [1.165, 1.54) is 37.8 Å². The predicted octanol–water partition coefficient (Wildman–Crippen LogP) is 17.5. The van der Waals surface area contributed by atoms with Crippen molar-refractivity contribution >= 4 is 94.5 Å². The molecule has 0 amide bonds. The molecule has 66 heavy (non-hydrogen) atoms. The van der Waals surface area contributed by atoms with Gasteiger partial charge in [0, 0.05) is 67.6 Å². The van der Waals surface area contributed by atoms with Gasteiger partial charge in [0.1, 0.15) is 0 Å². The lowest BCUT2D eigenvalue weighted by Crippen LogP contribution is -2.14. The molecular weight excluding hydrogens is 801 g/mol. The van der Waals surface area contributed by atoms with Gasteiger partial charge in [-0.25, -0.2) is 0 Å². The highest BCUT2D eigenvalue weighted by Crippen LogP contribution is 2.45. The van der Waals surface area contributed by atoms with E-state index in [1.807, 2.05) is 0 Å². The molecule has 1 heterocycles. The lowest BCUT2D eigenvalue weighted by atomic mass is 10.1. The van der Waals surface area contributed by atoms with Crippen molar-refractivity contribution in [2.45, 2.75) is 0 Å². The van der Waals surface area contributed by atoms with Crippen molar-refractivity contribution in [1.29, 1.82) is 0 Å². The second kappa shape index (κ2) is 16.7. The van der Waals surface area contributed by atoms with Crippen LogP contribution in [0, 0.1) is 0 Å². The topological polar surface area (TPSA) is 14.7 Å². The van der Waals surface area contributed by atoms with Crippen LogP contribution in [0.1, 0.15) is 0 Å². The quantitative estimate of drug-likeness (QED) is 0.136. The molecule has 0 radical (unpaired) electrons. The molecule has 12 rings (SSSR count). The molecule has 0 unspecified atom stereocenters. The molecule has 11 aromatic carbocycles. The summed E-state index contributed by atoms with van der Waals surface area (Å²) in [5, 5.41) is 7.22. The summed E-state index contributed by atoms with van der Waals surface area (Å²) in [4.78, 5) is 7.13. The second-order valence-electron chi connectivity index (χ2n) is 16.7. The summed E-state index contributed by atoms with van der Waals surface area (Å²) in [6.45, 7) is 0. The summed E-state index contributed by atoms with van der Waals surface area (Å²) in [6.07, 6.45) is 0. The van der Waals surface area contributed by atoms with Crippen molar-refractivity contribution in [2.75, 3.05) is 14.7 Å². The van der Waals surface area contributed by atoms with Crippen LogP contribution in [0.3, 0.4) is 0 Å². The van der Waals surface area contributed by atoms with Crippen LogP contribution in [-0.4, -0.2) is 4.57 Å². The van der Waals surface area contributed by atoms with E-state index in [9.17, 15) is 0 Å². The van der Waals surface area contributed by atoms with E-state index in [0.717, 1.165) is 62.4 Å². The Bertz CT molecular complexity index is 3510. The summed E-state index contributed by atoms with van der Waals surface area (Å²) in [5.41, 5.74) is 13.1. The van der Waals surface area contributed by atoms with Crippen molar-refractivity contribution in [3.63, 3.8) is 0 Å². The maximum atomic E-state index is 2.41.